The third-order valence-corrected chi connectivity index (χ3v) is 6.50. The third kappa shape index (κ3) is 5.24. The smallest absolute Gasteiger partial charge is 0.0991 e. The Labute approximate surface area is 219 Å². The van der Waals surface area contributed by atoms with Gasteiger partial charge in [0.25, 0.3) is 0 Å². The van der Waals surface area contributed by atoms with E-state index in [2.05, 4.69) is 134 Å². The van der Waals surface area contributed by atoms with Crippen LogP contribution in [0.15, 0.2) is 121 Å². The molecule has 5 rings (SSSR count). The molecular weight excluding hydrogens is 450 g/mol. The van der Waals surface area contributed by atoms with Crippen molar-refractivity contribution in [3.05, 3.63) is 144 Å². The standard InChI is InChI=1S/C34H29N3/c1-25-4-12-29(13-5-25)36(30-14-6-26(2)7-15-30)33-20-22-34(23-21-33)37(31-16-8-27(3)9-17-31)32-18-10-28(24-35)11-19-32/h4-23H,1-3H3. The first-order valence-corrected chi connectivity index (χ1v) is 12.4. The molecule has 180 valence electrons. The van der Waals surface area contributed by atoms with Crippen molar-refractivity contribution in [2.45, 2.75) is 20.8 Å². The van der Waals surface area contributed by atoms with Gasteiger partial charge in [0.1, 0.15) is 0 Å². The summed E-state index contributed by atoms with van der Waals surface area (Å²) in [5.74, 6) is 0. The number of anilines is 6. The molecule has 0 amide bonds. The molecule has 0 aromatic heterocycles. The second kappa shape index (κ2) is 10.4. The molecule has 0 radical (unpaired) electrons. The van der Waals surface area contributed by atoms with Crippen LogP contribution in [0.3, 0.4) is 0 Å². The lowest BCUT2D eigenvalue weighted by atomic mass is 10.1. The lowest BCUT2D eigenvalue weighted by molar-refractivity contribution is 1.25. The van der Waals surface area contributed by atoms with E-state index in [1.165, 1.54) is 16.7 Å². The maximum Gasteiger partial charge on any atom is 0.0991 e. The van der Waals surface area contributed by atoms with Crippen molar-refractivity contribution in [3.8, 4) is 6.07 Å². The number of rotatable bonds is 6. The highest BCUT2D eigenvalue weighted by Gasteiger charge is 2.16. The van der Waals surface area contributed by atoms with Gasteiger partial charge in [-0.3, -0.25) is 0 Å². The Hall–Kier alpha value is -4.81. The zero-order valence-electron chi connectivity index (χ0n) is 21.4. The topological polar surface area (TPSA) is 30.3 Å². The van der Waals surface area contributed by atoms with Crippen LogP contribution < -0.4 is 9.80 Å². The minimum Gasteiger partial charge on any atom is -0.311 e. The first-order chi connectivity index (χ1) is 18.0. The molecule has 37 heavy (non-hydrogen) atoms. The fraction of sp³-hybridized carbons (Fsp3) is 0.0882. The minimum atomic E-state index is 0.648. The van der Waals surface area contributed by atoms with E-state index >= 15 is 0 Å². The van der Waals surface area contributed by atoms with Gasteiger partial charge in [0.05, 0.1) is 11.6 Å². The van der Waals surface area contributed by atoms with Gasteiger partial charge < -0.3 is 9.80 Å². The maximum atomic E-state index is 9.26. The van der Waals surface area contributed by atoms with Gasteiger partial charge in [-0.15, -0.1) is 0 Å². The summed E-state index contributed by atoms with van der Waals surface area (Å²) in [6, 6.07) is 44.3. The van der Waals surface area contributed by atoms with Crippen LogP contribution in [0.4, 0.5) is 34.1 Å². The molecule has 0 fully saturated rings. The second-order valence-electron chi connectivity index (χ2n) is 9.35. The Morgan fingerprint density at radius 3 is 0.838 bits per heavy atom. The van der Waals surface area contributed by atoms with Gasteiger partial charge in [-0.25, -0.2) is 0 Å². The van der Waals surface area contributed by atoms with E-state index in [0.717, 1.165) is 34.1 Å². The van der Waals surface area contributed by atoms with Crippen LogP contribution in [0, 0.1) is 32.1 Å². The van der Waals surface area contributed by atoms with Gasteiger partial charge >= 0.3 is 0 Å². The Bertz CT molecular complexity index is 1460. The van der Waals surface area contributed by atoms with Gasteiger partial charge in [0, 0.05) is 34.1 Å². The number of hydrogen-bond donors (Lipinski definition) is 0. The summed E-state index contributed by atoms with van der Waals surface area (Å²) >= 11 is 0. The second-order valence-corrected chi connectivity index (χ2v) is 9.35. The molecule has 0 aliphatic heterocycles. The number of nitrogens with zero attached hydrogens (tertiary/aromatic N) is 3. The van der Waals surface area contributed by atoms with Crippen LogP contribution in [0.1, 0.15) is 22.3 Å². The van der Waals surface area contributed by atoms with Crippen LogP contribution in [0.2, 0.25) is 0 Å². The van der Waals surface area contributed by atoms with Crippen molar-refractivity contribution in [2.75, 3.05) is 9.80 Å². The van der Waals surface area contributed by atoms with Gasteiger partial charge in [-0.2, -0.15) is 5.26 Å². The summed E-state index contributed by atoms with van der Waals surface area (Å²) in [7, 11) is 0. The molecule has 0 aliphatic carbocycles. The lowest BCUT2D eigenvalue weighted by Gasteiger charge is -2.28. The average molecular weight is 480 g/mol. The molecule has 0 atom stereocenters. The van der Waals surface area contributed by atoms with Crippen molar-refractivity contribution in [1.82, 2.24) is 0 Å². The zero-order valence-corrected chi connectivity index (χ0v) is 21.4. The molecule has 0 heterocycles. The van der Waals surface area contributed by atoms with E-state index in [1.54, 1.807) is 0 Å². The highest BCUT2D eigenvalue weighted by molar-refractivity contribution is 5.81. The largest absolute Gasteiger partial charge is 0.311 e. The molecule has 0 bridgehead atoms. The molecule has 0 spiro atoms. The average Bonchev–Trinajstić information content (AvgIpc) is 2.93. The van der Waals surface area contributed by atoms with Gasteiger partial charge in [-0.1, -0.05) is 53.1 Å². The number of hydrogen-bond acceptors (Lipinski definition) is 3. The maximum absolute atomic E-state index is 9.26. The SMILES string of the molecule is Cc1ccc(N(c2ccc(C)cc2)c2ccc(N(c3ccc(C)cc3)c3ccc(C#N)cc3)cc2)cc1. The van der Waals surface area contributed by atoms with E-state index in [1.807, 2.05) is 24.3 Å². The zero-order chi connectivity index (χ0) is 25.8. The Kier molecular flexibility index (Phi) is 6.74. The minimum absolute atomic E-state index is 0.648. The van der Waals surface area contributed by atoms with Crippen molar-refractivity contribution in [1.29, 1.82) is 5.26 Å². The molecule has 0 aliphatic rings. The summed E-state index contributed by atoms with van der Waals surface area (Å²) in [4.78, 5) is 4.49. The molecule has 3 nitrogen and oxygen atoms in total. The number of nitriles is 1. The first kappa shape index (κ1) is 23.9. The lowest BCUT2D eigenvalue weighted by Crippen LogP contribution is -2.12. The normalized spacial score (nSPS) is 10.5. The van der Waals surface area contributed by atoms with E-state index in [-0.39, 0.29) is 0 Å². The Morgan fingerprint density at radius 2 is 0.595 bits per heavy atom. The molecule has 5 aromatic carbocycles. The van der Waals surface area contributed by atoms with Crippen molar-refractivity contribution in [2.24, 2.45) is 0 Å². The molecule has 0 unspecified atom stereocenters. The summed E-state index contributed by atoms with van der Waals surface area (Å²) in [6.07, 6.45) is 0. The molecule has 0 saturated carbocycles. The van der Waals surface area contributed by atoms with E-state index in [0.29, 0.717) is 5.56 Å². The van der Waals surface area contributed by atoms with E-state index < -0.39 is 0 Å². The van der Waals surface area contributed by atoms with Crippen LogP contribution in [-0.2, 0) is 0 Å². The van der Waals surface area contributed by atoms with E-state index in [4.69, 9.17) is 0 Å². The number of benzene rings is 5. The van der Waals surface area contributed by atoms with Gasteiger partial charge in [-0.05, 0) is 106 Å². The monoisotopic (exact) mass is 479 g/mol. The van der Waals surface area contributed by atoms with Gasteiger partial charge in [0.15, 0.2) is 0 Å². The van der Waals surface area contributed by atoms with Crippen LogP contribution in [-0.4, -0.2) is 0 Å². The Morgan fingerprint density at radius 1 is 0.378 bits per heavy atom. The Balaban J connectivity index is 1.57. The van der Waals surface area contributed by atoms with Crippen LogP contribution in [0.25, 0.3) is 0 Å². The summed E-state index contributed by atoms with van der Waals surface area (Å²) in [5.41, 5.74) is 10.8. The highest BCUT2D eigenvalue weighted by atomic mass is 15.2. The van der Waals surface area contributed by atoms with Crippen molar-refractivity contribution in [3.63, 3.8) is 0 Å². The first-order valence-electron chi connectivity index (χ1n) is 12.4. The summed E-state index contributed by atoms with van der Waals surface area (Å²) in [6.45, 7) is 6.31. The quantitative estimate of drug-likeness (QED) is 0.243. The van der Waals surface area contributed by atoms with Gasteiger partial charge in [0.2, 0.25) is 0 Å². The molecule has 0 N–H and O–H groups in total. The van der Waals surface area contributed by atoms with Crippen LogP contribution >= 0.6 is 0 Å². The molecule has 3 heteroatoms. The predicted molar refractivity (Wildman–Crippen MR) is 155 cm³/mol. The fourth-order valence-electron chi connectivity index (χ4n) is 4.41. The molecule has 0 saturated heterocycles. The highest BCUT2D eigenvalue weighted by Crippen LogP contribution is 2.39. The van der Waals surface area contributed by atoms with Crippen molar-refractivity contribution < 1.29 is 0 Å². The molecule has 5 aromatic rings. The number of aryl methyl sites for hydroxylation is 3. The summed E-state index contributed by atoms with van der Waals surface area (Å²) < 4.78 is 0. The van der Waals surface area contributed by atoms with E-state index in [9.17, 15) is 5.26 Å². The van der Waals surface area contributed by atoms with Crippen LogP contribution in [0.5, 0.6) is 0 Å². The predicted octanol–water partition coefficient (Wildman–Crippen LogP) is 9.42. The molecular formula is C34H29N3. The summed E-state index contributed by atoms with van der Waals surface area (Å²) in [5, 5.41) is 9.26. The third-order valence-electron chi connectivity index (χ3n) is 6.50. The van der Waals surface area contributed by atoms with Crippen molar-refractivity contribution >= 4 is 34.1 Å². The fourth-order valence-corrected chi connectivity index (χ4v) is 4.41.